The van der Waals surface area contributed by atoms with E-state index in [1.807, 2.05) is 24.0 Å². The number of nitrogens with zero attached hydrogens (tertiary/aromatic N) is 3. The molecular formula is C17H24N4O2S. The smallest absolute Gasteiger partial charge is 0.234 e. The maximum atomic E-state index is 12.2. The zero-order valence-corrected chi connectivity index (χ0v) is 15.0. The summed E-state index contributed by atoms with van der Waals surface area (Å²) in [4.78, 5) is 16.8. The average molecular weight is 348 g/mol. The predicted molar refractivity (Wildman–Crippen MR) is 94.0 cm³/mol. The van der Waals surface area contributed by atoms with Gasteiger partial charge in [0, 0.05) is 29.0 Å². The normalized spacial score (nSPS) is 18.7. The molecule has 0 aliphatic carbocycles. The molecule has 7 heteroatoms. The van der Waals surface area contributed by atoms with Gasteiger partial charge in [0.15, 0.2) is 0 Å². The van der Waals surface area contributed by atoms with Crippen LogP contribution in [0.3, 0.4) is 0 Å². The van der Waals surface area contributed by atoms with Gasteiger partial charge in [0.2, 0.25) is 5.91 Å². The number of carbonyl (C=O) groups is 1. The highest BCUT2D eigenvalue weighted by molar-refractivity contribution is 7.11. The molecule has 1 fully saturated rings. The SMILES string of the molecule is Cc1cnn(C[C@H]2CN(CC(=O)NCc3ccc(C)s3)CCO2)c1. The van der Waals surface area contributed by atoms with Crippen LogP contribution in [-0.4, -0.2) is 52.9 Å². The molecule has 1 aliphatic heterocycles. The number of ether oxygens (including phenoxy) is 1. The zero-order chi connectivity index (χ0) is 16.9. The fourth-order valence-electron chi connectivity index (χ4n) is 2.83. The van der Waals surface area contributed by atoms with Gasteiger partial charge in [-0.05, 0) is 31.5 Å². The third kappa shape index (κ3) is 4.90. The van der Waals surface area contributed by atoms with Gasteiger partial charge in [-0.3, -0.25) is 14.4 Å². The van der Waals surface area contributed by atoms with Gasteiger partial charge >= 0.3 is 0 Å². The second-order valence-corrected chi connectivity index (χ2v) is 7.63. The standard InChI is InChI=1S/C17H24N4O2S/c1-13-7-19-21(9-13)11-15-10-20(5-6-23-15)12-17(22)18-8-16-4-3-14(2)24-16/h3-4,7,9,15H,5-6,8,10-12H2,1-2H3,(H,18,22)/t15-/m1/s1. The fourth-order valence-corrected chi connectivity index (χ4v) is 3.66. The minimum Gasteiger partial charge on any atom is -0.374 e. The molecule has 6 nitrogen and oxygen atoms in total. The molecule has 1 aliphatic rings. The van der Waals surface area contributed by atoms with Crippen molar-refractivity contribution in [3.8, 4) is 0 Å². The first-order valence-electron chi connectivity index (χ1n) is 8.23. The highest BCUT2D eigenvalue weighted by Crippen LogP contribution is 2.14. The molecule has 24 heavy (non-hydrogen) atoms. The summed E-state index contributed by atoms with van der Waals surface area (Å²) in [6.45, 7) is 8.05. The molecule has 2 aromatic heterocycles. The number of morpholine rings is 1. The summed E-state index contributed by atoms with van der Waals surface area (Å²) in [5.41, 5.74) is 1.14. The monoisotopic (exact) mass is 348 g/mol. The van der Waals surface area contributed by atoms with Crippen LogP contribution in [0.1, 0.15) is 15.3 Å². The van der Waals surface area contributed by atoms with Crippen LogP contribution in [0.2, 0.25) is 0 Å². The Labute approximate surface area is 146 Å². The van der Waals surface area contributed by atoms with Crippen molar-refractivity contribution in [2.24, 2.45) is 0 Å². The number of aromatic nitrogens is 2. The summed E-state index contributed by atoms with van der Waals surface area (Å²) in [6.07, 6.45) is 3.93. The highest BCUT2D eigenvalue weighted by atomic mass is 32.1. The second kappa shape index (κ2) is 7.92. The minimum atomic E-state index is 0.0663. The van der Waals surface area contributed by atoms with Crippen LogP contribution in [0.25, 0.3) is 0 Å². The third-order valence-electron chi connectivity index (χ3n) is 4.00. The summed E-state index contributed by atoms with van der Waals surface area (Å²) >= 11 is 1.72. The Morgan fingerprint density at radius 3 is 3.04 bits per heavy atom. The van der Waals surface area contributed by atoms with E-state index < -0.39 is 0 Å². The Balaban J connectivity index is 1.43. The van der Waals surface area contributed by atoms with Crippen molar-refractivity contribution in [2.45, 2.75) is 33.0 Å². The van der Waals surface area contributed by atoms with Crippen molar-refractivity contribution in [3.05, 3.63) is 39.8 Å². The van der Waals surface area contributed by atoms with E-state index in [0.29, 0.717) is 19.7 Å². The molecule has 1 N–H and O–H groups in total. The van der Waals surface area contributed by atoms with E-state index >= 15 is 0 Å². The summed E-state index contributed by atoms with van der Waals surface area (Å²) in [7, 11) is 0. The number of hydrogen-bond acceptors (Lipinski definition) is 5. The van der Waals surface area contributed by atoms with Crippen LogP contribution in [-0.2, 0) is 22.6 Å². The molecule has 0 bridgehead atoms. The predicted octanol–water partition coefficient (Wildman–Crippen LogP) is 1.58. The van der Waals surface area contributed by atoms with E-state index in [9.17, 15) is 4.79 Å². The largest absolute Gasteiger partial charge is 0.374 e. The van der Waals surface area contributed by atoms with Gasteiger partial charge in [0.25, 0.3) is 0 Å². The van der Waals surface area contributed by atoms with E-state index in [0.717, 1.165) is 25.2 Å². The van der Waals surface area contributed by atoms with Crippen molar-refractivity contribution in [1.82, 2.24) is 20.0 Å². The summed E-state index contributed by atoms with van der Waals surface area (Å²) in [6, 6.07) is 4.15. The lowest BCUT2D eigenvalue weighted by molar-refractivity contribution is -0.124. The van der Waals surface area contributed by atoms with Gasteiger partial charge < -0.3 is 10.1 Å². The number of thiophene rings is 1. The molecule has 0 spiro atoms. The van der Waals surface area contributed by atoms with Crippen molar-refractivity contribution < 1.29 is 9.53 Å². The van der Waals surface area contributed by atoms with Crippen molar-refractivity contribution in [3.63, 3.8) is 0 Å². The van der Waals surface area contributed by atoms with Crippen LogP contribution in [0.5, 0.6) is 0 Å². The number of aryl methyl sites for hydroxylation is 2. The Morgan fingerprint density at radius 1 is 1.46 bits per heavy atom. The molecule has 130 valence electrons. The van der Waals surface area contributed by atoms with Crippen LogP contribution in [0.15, 0.2) is 24.5 Å². The molecule has 0 saturated carbocycles. The van der Waals surface area contributed by atoms with E-state index in [1.54, 1.807) is 11.3 Å². The quantitative estimate of drug-likeness (QED) is 0.861. The maximum absolute atomic E-state index is 12.2. The first-order chi connectivity index (χ1) is 11.6. The zero-order valence-electron chi connectivity index (χ0n) is 14.2. The van der Waals surface area contributed by atoms with Crippen LogP contribution in [0, 0.1) is 13.8 Å². The van der Waals surface area contributed by atoms with Crippen molar-refractivity contribution >= 4 is 17.2 Å². The van der Waals surface area contributed by atoms with Crippen molar-refractivity contribution in [2.75, 3.05) is 26.2 Å². The Bertz CT molecular complexity index is 682. The minimum absolute atomic E-state index is 0.0663. The van der Waals surface area contributed by atoms with Gasteiger partial charge in [-0.25, -0.2) is 0 Å². The topological polar surface area (TPSA) is 59.4 Å². The van der Waals surface area contributed by atoms with E-state index in [4.69, 9.17) is 4.74 Å². The van der Waals surface area contributed by atoms with Gasteiger partial charge in [-0.2, -0.15) is 5.10 Å². The van der Waals surface area contributed by atoms with Crippen LogP contribution in [0.4, 0.5) is 0 Å². The van der Waals surface area contributed by atoms with E-state index in [1.165, 1.54) is 9.75 Å². The van der Waals surface area contributed by atoms with Crippen molar-refractivity contribution in [1.29, 1.82) is 0 Å². The molecule has 1 saturated heterocycles. The van der Waals surface area contributed by atoms with Crippen LogP contribution >= 0.6 is 11.3 Å². The average Bonchev–Trinajstić information content (AvgIpc) is 3.14. The second-order valence-electron chi connectivity index (χ2n) is 6.26. The summed E-state index contributed by atoms with van der Waals surface area (Å²) in [5.74, 6) is 0.0663. The van der Waals surface area contributed by atoms with Gasteiger partial charge in [-0.15, -0.1) is 11.3 Å². The maximum Gasteiger partial charge on any atom is 0.234 e. The lowest BCUT2D eigenvalue weighted by Crippen LogP contribution is -2.48. The Hall–Kier alpha value is -1.70. The van der Waals surface area contributed by atoms with Gasteiger partial charge in [0.05, 0.1) is 38.5 Å². The molecule has 0 radical (unpaired) electrons. The number of hydrogen-bond donors (Lipinski definition) is 1. The third-order valence-corrected chi connectivity index (χ3v) is 5.00. The molecule has 3 heterocycles. The van der Waals surface area contributed by atoms with Gasteiger partial charge in [0.1, 0.15) is 0 Å². The Kier molecular flexibility index (Phi) is 5.65. The molecule has 2 aromatic rings. The number of carbonyl (C=O) groups excluding carboxylic acids is 1. The van der Waals surface area contributed by atoms with Crippen LogP contribution < -0.4 is 5.32 Å². The number of rotatable bonds is 6. The van der Waals surface area contributed by atoms with E-state index in [2.05, 4.69) is 34.4 Å². The highest BCUT2D eigenvalue weighted by Gasteiger charge is 2.22. The molecule has 0 unspecified atom stereocenters. The summed E-state index contributed by atoms with van der Waals surface area (Å²) < 4.78 is 7.71. The Morgan fingerprint density at radius 2 is 2.33 bits per heavy atom. The lowest BCUT2D eigenvalue weighted by atomic mass is 10.2. The molecular weight excluding hydrogens is 324 g/mol. The number of amides is 1. The van der Waals surface area contributed by atoms with E-state index in [-0.39, 0.29) is 12.0 Å². The molecule has 0 aromatic carbocycles. The fraction of sp³-hybridized carbons (Fsp3) is 0.529. The molecule has 3 rings (SSSR count). The lowest BCUT2D eigenvalue weighted by Gasteiger charge is -2.32. The number of nitrogens with one attached hydrogen (secondary N) is 1. The first-order valence-corrected chi connectivity index (χ1v) is 9.05. The molecule has 1 atom stereocenters. The summed E-state index contributed by atoms with van der Waals surface area (Å²) in [5, 5.41) is 7.30. The van der Waals surface area contributed by atoms with Gasteiger partial charge in [-0.1, -0.05) is 0 Å². The first kappa shape index (κ1) is 17.1. The molecule has 1 amide bonds.